The Balaban J connectivity index is 1.67. The number of ether oxygens (including phenoxy) is 2. The van der Waals surface area contributed by atoms with Crippen molar-refractivity contribution in [1.29, 1.82) is 0 Å². The first-order valence-electron chi connectivity index (χ1n) is 7.95. The van der Waals surface area contributed by atoms with E-state index >= 15 is 0 Å². The highest BCUT2D eigenvalue weighted by atomic mass is 16.5. The van der Waals surface area contributed by atoms with Crippen LogP contribution in [0.3, 0.4) is 0 Å². The molecule has 0 saturated carbocycles. The van der Waals surface area contributed by atoms with Crippen LogP contribution in [0.25, 0.3) is 0 Å². The highest BCUT2D eigenvalue weighted by Gasteiger charge is 2.10. The highest BCUT2D eigenvalue weighted by molar-refractivity contribution is 5.96. The molecule has 0 radical (unpaired) electrons. The Bertz CT molecular complexity index is 729. The molecule has 0 atom stereocenters. The molecule has 132 valence electrons. The molecule has 0 aliphatic heterocycles. The lowest BCUT2D eigenvalue weighted by molar-refractivity contribution is -0.145. The van der Waals surface area contributed by atoms with Gasteiger partial charge in [0.1, 0.15) is 18.1 Å². The summed E-state index contributed by atoms with van der Waals surface area (Å²) in [6, 6.07) is 13.6. The number of benzene rings is 2. The number of para-hydroxylation sites is 1. The van der Waals surface area contributed by atoms with E-state index in [0.29, 0.717) is 18.7 Å². The topological polar surface area (TPSA) is 84.9 Å². The van der Waals surface area contributed by atoms with Crippen LogP contribution in [0.2, 0.25) is 0 Å². The van der Waals surface area contributed by atoms with Gasteiger partial charge in [0.15, 0.2) is 0 Å². The maximum atomic E-state index is 11.9. The van der Waals surface area contributed by atoms with Crippen molar-refractivity contribution in [1.82, 2.24) is 5.32 Å². The molecule has 6 heteroatoms. The van der Waals surface area contributed by atoms with Gasteiger partial charge in [0.25, 0.3) is 5.91 Å². The van der Waals surface area contributed by atoms with Crippen molar-refractivity contribution < 1.29 is 24.2 Å². The lowest BCUT2D eigenvalue weighted by Crippen LogP contribution is -2.25. The van der Waals surface area contributed by atoms with Crippen molar-refractivity contribution in [3.63, 3.8) is 0 Å². The highest BCUT2D eigenvalue weighted by Crippen LogP contribution is 2.15. The normalized spacial score (nSPS) is 10.1. The molecule has 1 amide bonds. The average molecular weight is 343 g/mol. The van der Waals surface area contributed by atoms with E-state index in [1.807, 2.05) is 18.2 Å². The summed E-state index contributed by atoms with van der Waals surface area (Å²) in [6.07, 6.45) is 0.654. The number of methoxy groups -OCH3 is 1. The van der Waals surface area contributed by atoms with Crippen molar-refractivity contribution in [3.05, 3.63) is 59.7 Å². The number of nitrogens with one attached hydrogen (secondary N) is 1. The fourth-order valence-electron chi connectivity index (χ4n) is 2.19. The lowest BCUT2D eigenvalue weighted by Gasteiger charge is -2.08. The largest absolute Gasteiger partial charge is 0.507 e. The van der Waals surface area contributed by atoms with E-state index in [1.165, 1.54) is 12.1 Å². The summed E-state index contributed by atoms with van der Waals surface area (Å²) in [5.41, 5.74) is 1.06. The van der Waals surface area contributed by atoms with Crippen LogP contribution in [-0.2, 0) is 16.1 Å². The molecular formula is C19H21NO5. The maximum absolute atomic E-state index is 11.9. The predicted octanol–water partition coefficient (Wildman–Crippen LogP) is 2.65. The smallest absolute Gasteiger partial charge is 0.306 e. The zero-order chi connectivity index (χ0) is 18.1. The van der Waals surface area contributed by atoms with Gasteiger partial charge in [-0.1, -0.05) is 24.3 Å². The molecule has 6 nitrogen and oxygen atoms in total. The van der Waals surface area contributed by atoms with E-state index in [0.717, 1.165) is 5.56 Å². The summed E-state index contributed by atoms with van der Waals surface area (Å²) in [5.74, 6) is -0.0689. The zero-order valence-electron chi connectivity index (χ0n) is 14.0. The number of esters is 1. The molecule has 0 heterocycles. The molecule has 0 aliphatic rings. The first-order valence-corrected chi connectivity index (χ1v) is 7.95. The minimum Gasteiger partial charge on any atom is -0.507 e. The van der Waals surface area contributed by atoms with E-state index in [4.69, 9.17) is 9.47 Å². The summed E-state index contributed by atoms with van der Waals surface area (Å²) < 4.78 is 10.3. The maximum Gasteiger partial charge on any atom is 0.306 e. The van der Waals surface area contributed by atoms with Crippen molar-refractivity contribution in [3.8, 4) is 11.5 Å². The predicted molar refractivity (Wildman–Crippen MR) is 92.5 cm³/mol. The van der Waals surface area contributed by atoms with Gasteiger partial charge >= 0.3 is 5.97 Å². The van der Waals surface area contributed by atoms with Crippen molar-refractivity contribution >= 4 is 11.9 Å². The number of amides is 1. The number of aromatic hydroxyl groups is 1. The number of rotatable bonds is 8. The number of carbonyl (C=O) groups is 2. The molecular weight excluding hydrogens is 322 g/mol. The number of carbonyl (C=O) groups excluding carboxylic acids is 2. The second kappa shape index (κ2) is 9.32. The molecule has 25 heavy (non-hydrogen) atoms. The first-order chi connectivity index (χ1) is 12.1. The lowest BCUT2D eigenvalue weighted by atomic mass is 10.2. The standard InChI is InChI=1S/C19H21NO5/c1-24-15-7-4-6-14(12-15)13-25-18(22)10-5-11-20-19(23)16-8-2-3-9-17(16)21/h2-4,6-9,12,21H,5,10-11,13H2,1H3,(H,20,23). The van der Waals surface area contributed by atoms with Crippen LogP contribution in [0.1, 0.15) is 28.8 Å². The summed E-state index contributed by atoms with van der Waals surface area (Å²) in [6.45, 7) is 0.502. The van der Waals surface area contributed by atoms with Crippen LogP contribution >= 0.6 is 0 Å². The van der Waals surface area contributed by atoms with Gasteiger partial charge in [-0.15, -0.1) is 0 Å². The molecule has 0 aromatic heterocycles. The second-order valence-electron chi connectivity index (χ2n) is 5.39. The van der Waals surface area contributed by atoms with Crippen LogP contribution < -0.4 is 10.1 Å². The number of hydrogen-bond donors (Lipinski definition) is 2. The van der Waals surface area contributed by atoms with Gasteiger partial charge in [-0.2, -0.15) is 0 Å². The van der Waals surface area contributed by atoms with Gasteiger partial charge in [-0.05, 0) is 36.2 Å². The summed E-state index contributed by atoms with van der Waals surface area (Å²) >= 11 is 0. The first kappa shape index (κ1) is 18.3. The second-order valence-corrected chi connectivity index (χ2v) is 5.39. The third-order valence-electron chi connectivity index (χ3n) is 3.53. The van der Waals surface area contributed by atoms with E-state index in [9.17, 15) is 14.7 Å². The van der Waals surface area contributed by atoms with Crippen LogP contribution in [0.5, 0.6) is 11.5 Å². The Hall–Kier alpha value is -3.02. The Morgan fingerprint density at radius 3 is 2.68 bits per heavy atom. The van der Waals surface area contributed by atoms with Gasteiger partial charge in [0.2, 0.25) is 0 Å². The molecule has 0 spiro atoms. The van der Waals surface area contributed by atoms with Crippen molar-refractivity contribution in [2.75, 3.05) is 13.7 Å². The number of hydrogen-bond acceptors (Lipinski definition) is 5. The van der Waals surface area contributed by atoms with E-state index < -0.39 is 0 Å². The van der Waals surface area contributed by atoms with E-state index in [1.54, 1.807) is 25.3 Å². The zero-order valence-corrected chi connectivity index (χ0v) is 14.0. The molecule has 0 saturated heterocycles. The minimum atomic E-state index is -0.372. The Kier molecular flexibility index (Phi) is 6.83. The van der Waals surface area contributed by atoms with Crippen LogP contribution in [0.15, 0.2) is 48.5 Å². The Morgan fingerprint density at radius 2 is 1.92 bits per heavy atom. The quantitative estimate of drug-likeness (QED) is 0.568. The molecule has 2 rings (SSSR count). The van der Waals surface area contributed by atoms with Crippen molar-refractivity contribution in [2.45, 2.75) is 19.4 Å². The minimum absolute atomic E-state index is 0.0716. The van der Waals surface area contributed by atoms with E-state index in [-0.39, 0.29) is 36.2 Å². The number of phenols is 1. The fraction of sp³-hybridized carbons (Fsp3) is 0.263. The van der Waals surface area contributed by atoms with Crippen LogP contribution in [0.4, 0.5) is 0 Å². The van der Waals surface area contributed by atoms with Crippen LogP contribution in [0, 0.1) is 0 Å². The summed E-state index contributed by atoms with van der Waals surface area (Å²) in [5, 5.41) is 12.3. The fourth-order valence-corrected chi connectivity index (χ4v) is 2.19. The third kappa shape index (κ3) is 5.84. The van der Waals surface area contributed by atoms with E-state index in [2.05, 4.69) is 5.32 Å². The molecule has 2 aromatic carbocycles. The Labute approximate surface area is 146 Å². The molecule has 0 fully saturated rings. The monoisotopic (exact) mass is 343 g/mol. The molecule has 2 aromatic rings. The molecule has 0 bridgehead atoms. The molecule has 2 N–H and O–H groups in total. The van der Waals surface area contributed by atoms with Crippen molar-refractivity contribution in [2.24, 2.45) is 0 Å². The van der Waals surface area contributed by atoms with Gasteiger partial charge in [0, 0.05) is 13.0 Å². The number of phenolic OH excluding ortho intramolecular Hbond substituents is 1. The Morgan fingerprint density at radius 1 is 1.12 bits per heavy atom. The molecule has 0 aliphatic carbocycles. The summed E-state index contributed by atoms with van der Waals surface area (Å²) in [4.78, 5) is 23.6. The molecule has 0 unspecified atom stereocenters. The SMILES string of the molecule is COc1cccc(COC(=O)CCCNC(=O)c2ccccc2O)c1. The summed E-state index contributed by atoms with van der Waals surface area (Å²) in [7, 11) is 1.58. The van der Waals surface area contributed by atoms with Crippen LogP contribution in [-0.4, -0.2) is 30.6 Å². The van der Waals surface area contributed by atoms with Gasteiger partial charge < -0.3 is 19.9 Å². The van der Waals surface area contributed by atoms with Gasteiger partial charge in [-0.3, -0.25) is 9.59 Å². The van der Waals surface area contributed by atoms with Gasteiger partial charge in [0.05, 0.1) is 12.7 Å². The van der Waals surface area contributed by atoms with Gasteiger partial charge in [-0.25, -0.2) is 0 Å². The third-order valence-corrected chi connectivity index (χ3v) is 3.53. The average Bonchev–Trinajstić information content (AvgIpc) is 2.64.